The molecule has 2 unspecified atom stereocenters. The molecule has 0 radical (unpaired) electrons. The molecule has 2 atom stereocenters. The van der Waals surface area contributed by atoms with Gasteiger partial charge in [0.25, 0.3) is 0 Å². The molecule has 0 rings (SSSR count). The van der Waals surface area contributed by atoms with Crippen LogP contribution in [0.15, 0.2) is 24.3 Å². The molecular weight excluding hydrogens is 735 g/mol. The summed E-state index contributed by atoms with van der Waals surface area (Å²) in [6.07, 6.45) is 68.8. The van der Waals surface area contributed by atoms with Gasteiger partial charge < -0.3 is 15.5 Å². The number of amides is 1. The first-order valence-corrected chi connectivity index (χ1v) is 27.5. The van der Waals surface area contributed by atoms with E-state index in [2.05, 4.69) is 43.5 Å². The number of hydrogen-bond donors (Lipinski definition) is 3. The number of unbranched alkanes of at least 4 members (excludes halogenated alkanes) is 40. The average Bonchev–Trinajstić information content (AvgIpc) is 3.25. The van der Waals surface area contributed by atoms with E-state index in [4.69, 9.17) is 0 Å². The van der Waals surface area contributed by atoms with Crippen molar-refractivity contribution in [2.24, 2.45) is 0 Å². The Bertz CT molecular complexity index is 871. The van der Waals surface area contributed by atoms with Gasteiger partial charge in [-0.15, -0.1) is 0 Å². The Morgan fingerprint density at radius 2 is 0.683 bits per heavy atom. The molecule has 0 saturated heterocycles. The molecule has 0 aromatic rings. The van der Waals surface area contributed by atoms with Crippen LogP contribution in [0.5, 0.6) is 0 Å². The number of hydrogen-bond acceptors (Lipinski definition) is 3. The Labute approximate surface area is 377 Å². The van der Waals surface area contributed by atoms with E-state index in [-0.39, 0.29) is 12.5 Å². The second-order valence-corrected chi connectivity index (χ2v) is 19.0. The standard InChI is InChI=1S/C56H109NO3/c1-3-5-7-9-11-13-15-17-19-20-21-22-23-24-25-26-27-28-29-30-31-32-33-34-35-36-38-40-42-44-46-48-50-52-56(60)57-54(53-58)55(59)51-49-47-45-43-41-39-37-18-16-14-12-10-8-6-4-2/h15,17,20-21,54-55,58-59H,3-14,16,18-19,22-53H2,1-2H3,(H,57,60)/b17-15-,21-20-. The van der Waals surface area contributed by atoms with Gasteiger partial charge in [0.15, 0.2) is 0 Å². The first kappa shape index (κ1) is 58.9. The number of nitrogens with one attached hydrogen (secondary N) is 1. The van der Waals surface area contributed by atoms with Crippen molar-refractivity contribution < 1.29 is 15.0 Å². The highest BCUT2D eigenvalue weighted by Gasteiger charge is 2.20. The van der Waals surface area contributed by atoms with Crippen molar-refractivity contribution in [2.45, 2.75) is 321 Å². The molecule has 0 heterocycles. The van der Waals surface area contributed by atoms with E-state index < -0.39 is 12.1 Å². The second kappa shape index (κ2) is 52.2. The van der Waals surface area contributed by atoms with Crippen molar-refractivity contribution in [3.05, 3.63) is 24.3 Å². The van der Waals surface area contributed by atoms with Crippen molar-refractivity contribution in [1.29, 1.82) is 0 Å². The monoisotopic (exact) mass is 844 g/mol. The summed E-state index contributed by atoms with van der Waals surface area (Å²) in [6.45, 7) is 4.37. The summed E-state index contributed by atoms with van der Waals surface area (Å²) < 4.78 is 0. The number of carbonyl (C=O) groups excluding carboxylic acids is 1. The number of rotatable bonds is 51. The highest BCUT2D eigenvalue weighted by Crippen LogP contribution is 2.17. The third-order valence-electron chi connectivity index (χ3n) is 13.0. The molecule has 0 fully saturated rings. The minimum absolute atomic E-state index is 0.0256. The van der Waals surface area contributed by atoms with Crippen molar-refractivity contribution >= 4 is 5.91 Å². The first-order valence-electron chi connectivity index (χ1n) is 27.5. The maximum Gasteiger partial charge on any atom is 0.220 e. The lowest BCUT2D eigenvalue weighted by Gasteiger charge is -2.22. The lowest BCUT2D eigenvalue weighted by atomic mass is 10.0. The minimum atomic E-state index is -0.656. The molecular formula is C56H109NO3. The molecule has 4 nitrogen and oxygen atoms in total. The van der Waals surface area contributed by atoms with Gasteiger partial charge in [-0.25, -0.2) is 0 Å². The Balaban J connectivity index is 3.39. The highest BCUT2D eigenvalue weighted by atomic mass is 16.3. The van der Waals surface area contributed by atoms with E-state index in [1.54, 1.807) is 0 Å². The molecule has 0 saturated carbocycles. The number of aliphatic hydroxyl groups is 2. The van der Waals surface area contributed by atoms with Gasteiger partial charge in [0.1, 0.15) is 0 Å². The van der Waals surface area contributed by atoms with Gasteiger partial charge in [0.05, 0.1) is 18.8 Å². The first-order chi connectivity index (χ1) is 29.7. The summed E-state index contributed by atoms with van der Waals surface area (Å²) in [7, 11) is 0. The molecule has 0 bridgehead atoms. The van der Waals surface area contributed by atoms with Crippen LogP contribution < -0.4 is 5.32 Å². The maximum absolute atomic E-state index is 12.5. The highest BCUT2D eigenvalue weighted by molar-refractivity contribution is 5.76. The average molecular weight is 844 g/mol. The lowest BCUT2D eigenvalue weighted by Crippen LogP contribution is -2.45. The largest absolute Gasteiger partial charge is 0.394 e. The summed E-state index contributed by atoms with van der Waals surface area (Å²) >= 11 is 0. The van der Waals surface area contributed by atoms with E-state index in [1.807, 2.05) is 0 Å². The molecule has 0 spiro atoms. The van der Waals surface area contributed by atoms with E-state index in [0.29, 0.717) is 12.8 Å². The molecule has 0 aliphatic carbocycles. The second-order valence-electron chi connectivity index (χ2n) is 19.0. The topological polar surface area (TPSA) is 69.6 Å². The van der Waals surface area contributed by atoms with Crippen LogP contribution >= 0.6 is 0 Å². The Kier molecular flexibility index (Phi) is 51.2. The van der Waals surface area contributed by atoms with Crippen LogP contribution in [0, 0.1) is 0 Å². The summed E-state index contributed by atoms with van der Waals surface area (Å²) in [5.41, 5.74) is 0. The van der Waals surface area contributed by atoms with Crippen LogP contribution in [0.1, 0.15) is 309 Å². The predicted molar refractivity (Wildman–Crippen MR) is 267 cm³/mol. The Morgan fingerprint density at radius 1 is 0.400 bits per heavy atom. The van der Waals surface area contributed by atoms with Gasteiger partial charge in [-0.05, 0) is 44.9 Å². The van der Waals surface area contributed by atoms with Gasteiger partial charge in [-0.1, -0.05) is 282 Å². The summed E-state index contributed by atoms with van der Waals surface area (Å²) in [6, 6.07) is -0.533. The summed E-state index contributed by atoms with van der Waals surface area (Å²) in [4.78, 5) is 12.5. The van der Waals surface area contributed by atoms with Gasteiger partial charge in [0, 0.05) is 6.42 Å². The quantitative estimate of drug-likeness (QED) is 0.0422. The van der Waals surface area contributed by atoms with Crippen LogP contribution in [-0.4, -0.2) is 34.9 Å². The van der Waals surface area contributed by atoms with Crippen LogP contribution in [0.3, 0.4) is 0 Å². The fourth-order valence-corrected chi connectivity index (χ4v) is 8.75. The summed E-state index contributed by atoms with van der Waals surface area (Å²) in [5.74, 6) is -0.0256. The SMILES string of the molecule is CCCCCCC/C=C\C/C=C\CCCCCCCCCCCCCCCCCCCCCCCC(=O)NC(CO)C(O)CCCCCCCCCCCCCCCCC. The van der Waals surface area contributed by atoms with Gasteiger partial charge in [-0.2, -0.15) is 0 Å². The van der Waals surface area contributed by atoms with Crippen molar-refractivity contribution in [3.63, 3.8) is 0 Å². The van der Waals surface area contributed by atoms with Crippen LogP contribution in [0.25, 0.3) is 0 Å². The molecule has 4 heteroatoms. The van der Waals surface area contributed by atoms with Gasteiger partial charge >= 0.3 is 0 Å². The van der Waals surface area contributed by atoms with Crippen LogP contribution in [-0.2, 0) is 4.79 Å². The minimum Gasteiger partial charge on any atom is -0.394 e. The molecule has 0 aromatic heterocycles. The molecule has 3 N–H and O–H groups in total. The van der Waals surface area contributed by atoms with Crippen molar-refractivity contribution in [1.82, 2.24) is 5.32 Å². The van der Waals surface area contributed by atoms with E-state index in [9.17, 15) is 15.0 Å². The lowest BCUT2D eigenvalue weighted by molar-refractivity contribution is -0.123. The van der Waals surface area contributed by atoms with E-state index >= 15 is 0 Å². The zero-order valence-electron chi connectivity index (χ0n) is 41.0. The Morgan fingerprint density at radius 3 is 1.00 bits per heavy atom. The molecule has 1 amide bonds. The molecule has 0 aliphatic rings. The third kappa shape index (κ3) is 47.9. The molecule has 356 valence electrons. The van der Waals surface area contributed by atoms with Crippen LogP contribution in [0.2, 0.25) is 0 Å². The predicted octanol–water partition coefficient (Wildman–Crippen LogP) is 17.9. The molecule has 60 heavy (non-hydrogen) atoms. The van der Waals surface area contributed by atoms with Crippen molar-refractivity contribution in [2.75, 3.05) is 6.61 Å². The third-order valence-corrected chi connectivity index (χ3v) is 13.0. The van der Waals surface area contributed by atoms with Crippen LogP contribution in [0.4, 0.5) is 0 Å². The number of aliphatic hydroxyl groups excluding tert-OH is 2. The fraction of sp³-hybridized carbons (Fsp3) is 0.911. The molecule has 0 aliphatic heterocycles. The normalized spacial score (nSPS) is 12.9. The zero-order valence-corrected chi connectivity index (χ0v) is 41.0. The Hall–Kier alpha value is -1.13. The maximum atomic E-state index is 12.5. The van der Waals surface area contributed by atoms with E-state index in [0.717, 1.165) is 32.1 Å². The zero-order chi connectivity index (χ0) is 43.5. The smallest absolute Gasteiger partial charge is 0.220 e. The molecule has 0 aromatic carbocycles. The number of allylic oxidation sites excluding steroid dienone is 4. The fourth-order valence-electron chi connectivity index (χ4n) is 8.75. The van der Waals surface area contributed by atoms with Gasteiger partial charge in [0.2, 0.25) is 5.91 Å². The number of carbonyl (C=O) groups is 1. The van der Waals surface area contributed by atoms with Gasteiger partial charge in [-0.3, -0.25) is 4.79 Å². The summed E-state index contributed by atoms with van der Waals surface area (Å²) in [5, 5.41) is 23.3. The van der Waals surface area contributed by atoms with E-state index in [1.165, 1.54) is 250 Å². The van der Waals surface area contributed by atoms with Crippen molar-refractivity contribution in [3.8, 4) is 0 Å².